The van der Waals surface area contributed by atoms with Crippen LogP contribution in [0.1, 0.15) is 60.9 Å². The number of likely N-dealkylation sites (tertiary alicyclic amines) is 1. The molecular formula is C30H38FN9OS. The fourth-order valence-corrected chi connectivity index (χ4v) is 8.47. The van der Waals surface area contributed by atoms with Crippen molar-refractivity contribution in [3.05, 3.63) is 34.0 Å². The highest BCUT2D eigenvalue weighted by Gasteiger charge is 2.43. The smallest absolute Gasteiger partial charge is 0.237 e. The first-order valence-corrected chi connectivity index (χ1v) is 16.0. The van der Waals surface area contributed by atoms with Crippen LogP contribution >= 0.6 is 11.3 Å². The number of pyridine rings is 1. The van der Waals surface area contributed by atoms with Crippen molar-refractivity contribution in [2.24, 2.45) is 0 Å². The van der Waals surface area contributed by atoms with Crippen molar-refractivity contribution >= 4 is 27.8 Å². The van der Waals surface area contributed by atoms with E-state index in [1.54, 1.807) is 0 Å². The number of anilines is 3. The summed E-state index contributed by atoms with van der Waals surface area (Å²) >= 11 is 1.50. The van der Waals surface area contributed by atoms with Gasteiger partial charge in [0.25, 0.3) is 0 Å². The summed E-state index contributed by atoms with van der Waals surface area (Å²) in [6.45, 7) is 8.97. The molecule has 222 valence electrons. The first kappa shape index (κ1) is 27.6. The van der Waals surface area contributed by atoms with Gasteiger partial charge < -0.3 is 25.4 Å². The van der Waals surface area contributed by atoms with Crippen LogP contribution in [0.3, 0.4) is 0 Å². The number of nitrogens with one attached hydrogen (secondary N) is 1. The van der Waals surface area contributed by atoms with Crippen LogP contribution in [0.5, 0.6) is 0 Å². The lowest BCUT2D eigenvalue weighted by atomic mass is 9.72. The number of fused-ring (bicyclic) bond motifs is 1. The van der Waals surface area contributed by atoms with Gasteiger partial charge in [-0.25, -0.2) is 9.37 Å². The van der Waals surface area contributed by atoms with E-state index < -0.39 is 11.6 Å². The van der Waals surface area contributed by atoms with Crippen molar-refractivity contribution in [3.63, 3.8) is 0 Å². The van der Waals surface area contributed by atoms with E-state index in [1.165, 1.54) is 11.3 Å². The number of nitriles is 1. The average molecular weight is 592 g/mol. The van der Waals surface area contributed by atoms with E-state index in [0.29, 0.717) is 47.0 Å². The average Bonchev–Trinajstić information content (AvgIpc) is 3.77. The molecule has 3 saturated heterocycles. The zero-order valence-electron chi connectivity index (χ0n) is 24.1. The van der Waals surface area contributed by atoms with Gasteiger partial charge in [0.15, 0.2) is 0 Å². The van der Waals surface area contributed by atoms with Crippen molar-refractivity contribution in [2.75, 3.05) is 67.9 Å². The Morgan fingerprint density at radius 3 is 2.67 bits per heavy atom. The minimum Gasteiger partial charge on any atom is -0.389 e. The van der Waals surface area contributed by atoms with Gasteiger partial charge in [0.2, 0.25) is 11.7 Å². The third-order valence-electron chi connectivity index (χ3n) is 9.63. The molecule has 0 radical (unpaired) electrons. The van der Waals surface area contributed by atoms with E-state index in [2.05, 4.69) is 50.3 Å². The van der Waals surface area contributed by atoms with Crippen molar-refractivity contribution in [1.29, 1.82) is 5.26 Å². The molecule has 6 heterocycles. The third-order valence-corrected chi connectivity index (χ3v) is 10.7. The maximum absolute atomic E-state index is 13.8. The Labute approximate surface area is 249 Å². The van der Waals surface area contributed by atoms with Gasteiger partial charge in [-0.05, 0) is 51.5 Å². The summed E-state index contributed by atoms with van der Waals surface area (Å²) in [7, 11) is 0. The van der Waals surface area contributed by atoms with E-state index in [4.69, 9.17) is 20.2 Å². The van der Waals surface area contributed by atoms with Crippen LogP contribution in [-0.2, 0) is 11.8 Å². The quantitative estimate of drug-likeness (QED) is 0.454. The first-order chi connectivity index (χ1) is 20.4. The molecule has 4 aliphatic rings. The molecule has 10 nitrogen and oxygen atoms in total. The van der Waals surface area contributed by atoms with Gasteiger partial charge in [0.05, 0.1) is 11.0 Å². The van der Waals surface area contributed by atoms with Gasteiger partial charge in [-0.1, -0.05) is 5.16 Å². The van der Waals surface area contributed by atoms with E-state index in [-0.39, 0.29) is 0 Å². The number of hydrogen-bond donors (Lipinski definition) is 2. The number of piperidine rings is 1. The third kappa shape index (κ3) is 4.91. The number of nitrogen functional groups attached to an aromatic ring is 1. The van der Waals surface area contributed by atoms with Crippen molar-refractivity contribution in [2.45, 2.75) is 63.1 Å². The number of aryl methyl sites for hydroxylation is 1. The molecular weight excluding hydrogens is 553 g/mol. The van der Waals surface area contributed by atoms with Crippen LogP contribution in [0.4, 0.5) is 20.9 Å². The molecule has 0 aromatic carbocycles. The monoisotopic (exact) mass is 591 g/mol. The zero-order valence-corrected chi connectivity index (χ0v) is 24.9. The molecule has 3 fully saturated rings. The van der Waals surface area contributed by atoms with Gasteiger partial charge in [-0.3, -0.25) is 4.90 Å². The standard InChI is InChI=1S/C30H38FN9OS/c1-30(7-2-3-24-26(30)22(17-32)27(33)42-24)29-36-28(37-41-29)23-15-21(38-13-8-34-9-14-38)16-25(35-23)39-11-5-20(6-12-39)40-10-4-19(31)18-40/h15-16,19-20,34H,2-14,18,33H2,1H3/t19-,30?/m0/s1. The largest absolute Gasteiger partial charge is 0.389 e. The fourth-order valence-electron chi connectivity index (χ4n) is 7.28. The summed E-state index contributed by atoms with van der Waals surface area (Å²) in [6, 6.07) is 7.01. The molecule has 1 unspecified atom stereocenters. The van der Waals surface area contributed by atoms with E-state index in [9.17, 15) is 9.65 Å². The Morgan fingerprint density at radius 2 is 1.93 bits per heavy atom. The second-order valence-electron chi connectivity index (χ2n) is 12.3. The Balaban J connectivity index is 1.20. The highest BCUT2D eigenvalue weighted by Crippen LogP contribution is 2.48. The van der Waals surface area contributed by atoms with Crippen LogP contribution < -0.4 is 20.9 Å². The number of aromatic nitrogens is 3. The van der Waals surface area contributed by atoms with Crippen LogP contribution in [-0.4, -0.2) is 84.6 Å². The van der Waals surface area contributed by atoms with Crippen molar-refractivity contribution < 1.29 is 8.91 Å². The zero-order chi connectivity index (χ0) is 28.8. The lowest BCUT2D eigenvalue weighted by molar-refractivity contribution is 0.192. The summed E-state index contributed by atoms with van der Waals surface area (Å²) in [6.07, 6.45) is 4.65. The van der Waals surface area contributed by atoms with E-state index >= 15 is 0 Å². The number of nitrogens with two attached hydrogens (primary N) is 1. The topological polar surface area (TPSA) is 123 Å². The van der Waals surface area contributed by atoms with Crippen LogP contribution in [0, 0.1) is 11.3 Å². The Hall–Kier alpha value is -3.27. The van der Waals surface area contributed by atoms with Crippen LogP contribution in [0.25, 0.3) is 11.5 Å². The number of rotatable bonds is 5. The molecule has 2 atom stereocenters. The molecule has 0 saturated carbocycles. The number of hydrogen-bond acceptors (Lipinski definition) is 11. The molecule has 3 aromatic rings. The molecule has 0 amide bonds. The maximum atomic E-state index is 13.8. The summed E-state index contributed by atoms with van der Waals surface area (Å²) in [5.41, 5.74) is 8.93. The molecule has 7 rings (SSSR count). The van der Waals surface area contributed by atoms with Crippen LogP contribution in [0.15, 0.2) is 16.7 Å². The second-order valence-corrected chi connectivity index (χ2v) is 13.4. The first-order valence-electron chi connectivity index (χ1n) is 15.2. The summed E-state index contributed by atoms with van der Waals surface area (Å²) in [4.78, 5) is 18.2. The number of nitrogens with zero attached hydrogens (tertiary/aromatic N) is 7. The highest BCUT2D eigenvalue weighted by molar-refractivity contribution is 7.16. The molecule has 0 spiro atoms. The van der Waals surface area contributed by atoms with Gasteiger partial charge in [-0.15, -0.1) is 11.3 Å². The predicted octanol–water partition coefficient (Wildman–Crippen LogP) is 3.71. The van der Waals surface area contributed by atoms with Crippen LogP contribution in [0.2, 0.25) is 0 Å². The van der Waals surface area contributed by atoms with Gasteiger partial charge >= 0.3 is 0 Å². The minimum atomic E-state index is -0.686. The predicted molar refractivity (Wildman–Crippen MR) is 162 cm³/mol. The molecule has 3 aromatic heterocycles. The number of alkyl halides is 1. The maximum Gasteiger partial charge on any atom is 0.237 e. The second kappa shape index (κ2) is 11.1. The lowest BCUT2D eigenvalue weighted by Crippen LogP contribution is -2.45. The minimum absolute atomic E-state index is 0.433. The number of piperazine rings is 1. The summed E-state index contributed by atoms with van der Waals surface area (Å²) in [5.74, 6) is 1.87. The Kier molecular flexibility index (Phi) is 7.28. The highest BCUT2D eigenvalue weighted by atomic mass is 32.1. The van der Waals surface area contributed by atoms with Crippen molar-refractivity contribution in [3.8, 4) is 17.6 Å². The normalized spacial score (nSPS) is 25.5. The fraction of sp³-hybridized carbons (Fsp3) is 0.600. The number of halogens is 1. The summed E-state index contributed by atoms with van der Waals surface area (Å²) < 4.78 is 19.8. The van der Waals surface area contributed by atoms with Crippen molar-refractivity contribution in [1.82, 2.24) is 25.3 Å². The Bertz CT molecular complexity index is 1490. The molecule has 0 bridgehead atoms. The SMILES string of the molecule is CC1(c2nc(-c3cc(N4CCNCC4)cc(N4CCC(N5CC[C@H](F)C5)CC4)n3)no2)CCCc2sc(N)c(C#N)c21. The van der Waals surface area contributed by atoms with E-state index in [1.807, 2.05) is 0 Å². The van der Waals surface area contributed by atoms with Gasteiger partial charge in [0, 0.05) is 80.6 Å². The molecule has 3 aliphatic heterocycles. The molecule has 1 aliphatic carbocycles. The molecule has 3 N–H and O–H groups in total. The van der Waals surface area contributed by atoms with Gasteiger partial charge in [-0.2, -0.15) is 10.2 Å². The van der Waals surface area contributed by atoms with Gasteiger partial charge in [0.1, 0.15) is 28.8 Å². The lowest BCUT2D eigenvalue weighted by Gasteiger charge is -2.38. The summed E-state index contributed by atoms with van der Waals surface area (Å²) in [5, 5.41) is 18.3. The Morgan fingerprint density at radius 1 is 1.12 bits per heavy atom. The molecule has 42 heavy (non-hydrogen) atoms. The molecule has 12 heteroatoms. The number of thiophene rings is 1. The van der Waals surface area contributed by atoms with E-state index in [0.717, 1.165) is 99.9 Å².